The van der Waals surface area contributed by atoms with Gasteiger partial charge in [-0.25, -0.2) is 9.37 Å². The number of anilines is 1. The van der Waals surface area contributed by atoms with Crippen molar-refractivity contribution < 1.29 is 9.18 Å². The number of hydrogen-bond acceptors (Lipinski definition) is 5. The predicted octanol–water partition coefficient (Wildman–Crippen LogP) is 1.25. The molecule has 0 saturated carbocycles. The van der Waals surface area contributed by atoms with Crippen molar-refractivity contribution in [2.24, 2.45) is 0 Å². The van der Waals surface area contributed by atoms with Crippen LogP contribution in [0.2, 0.25) is 0 Å². The fourth-order valence-electron chi connectivity index (χ4n) is 2.87. The van der Waals surface area contributed by atoms with Crippen LogP contribution in [0, 0.1) is 5.82 Å². The lowest BCUT2D eigenvalue weighted by molar-refractivity contribution is -0.107. The molecule has 0 N–H and O–H groups in total. The number of hydrogen-bond donors (Lipinski definition) is 0. The Morgan fingerprint density at radius 3 is 2.48 bits per heavy atom. The third kappa shape index (κ3) is 3.93. The first kappa shape index (κ1) is 17.3. The fraction of sp³-hybridized carbons (Fsp3) is 0.389. The number of halogens is 1. The minimum absolute atomic E-state index is 0.231. The number of piperazine rings is 1. The van der Waals surface area contributed by atoms with Crippen molar-refractivity contribution in [3.63, 3.8) is 0 Å². The normalized spacial score (nSPS) is 15.4. The van der Waals surface area contributed by atoms with Gasteiger partial charge in [0.25, 0.3) is 5.56 Å². The highest BCUT2D eigenvalue weighted by molar-refractivity contribution is 5.50. The Morgan fingerprint density at radius 2 is 1.84 bits per heavy atom. The second-order valence-electron chi connectivity index (χ2n) is 6.20. The number of nitrogens with zero attached hydrogens (tertiary/aromatic N) is 4. The Morgan fingerprint density at radius 1 is 1.16 bits per heavy atom. The van der Waals surface area contributed by atoms with Crippen molar-refractivity contribution in [3.8, 4) is 5.69 Å². The Labute approximate surface area is 145 Å². The zero-order valence-electron chi connectivity index (χ0n) is 14.2. The molecule has 6 nitrogen and oxygen atoms in total. The van der Waals surface area contributed by atoms with Gasteiger partial charge < -0.3 is 14.6 Å². The highest BCUT2D eigenvalue weighted by Crippen LogP contribution is 2.14. The molecular weight excluding hydrogens is 323 g/mol. The molecule has 0 atom stereocenters. The third-order valence-electron chi connectivity index (χ3n) is 4.36. The molecule has 1 fully saturated rings. The predicted molar refractivity (Wildman–Crippen MR) is 93.9 cm³/mol. The van der Waals surface area contributed by atoms with Gasteiger partial charge in [-0.15, -0.1) is 0 Å². The second kappa shape index (κ2) is 7.57. The van der Waals surface area contributed by atoms with E-state index in [1.165, 1.54) is 16.7 Å². The van der Waals surface area contributed by atoms with Crippen LogP contribution in [0.4, 0.5) is 10.2 Å². The van der Waals surface area contributed by atoms with Crippen LogP contribution in [0.3, 0.4) is 0 Å². The average Bonchev–Trinajstić information content (AvgIpc) is 2.62. The number of rotatable bonds is 5. The molecule has 0 amide bonds. The van der Waals surface area contributed by atoms with E-state index in [2.05, 4.69) is 9.88 Å². The molecule has 0 bridgehead atoms. The summed E-state index contributed by atoms with van der Waals surface area (Å²) in [6.45, 7) is 3.16. The molecule has 1 aromatic heterocycles. The van der Waals surface area contributed by atoms with Gasteiger partial charge in [0.15, 0.2) is 5.82 Å². The van der Waals surface area contributed by atoms with E-state index in [1.54, 1.807) is 18.3 Å². The number of carbonyl (C=O) groups excluding carboxylic acids is 1. The molecule has 0 radical (unpaired) electrons. The van der Waals surface area contributed by atoms with Crippen molar-refractivity contribution in [3.05, 3.63) is 52.3 Å². The molecule has 1 aliphatic rings. The van der Waals surface area contributed by atoms with E-state index in [1.807, 2.05) is 11.9 Å². The van der Waals surface area contributed by atoms with E-state index < -0.39 is 0 Å². The highest BCUT2D eigenvalue weighted by atomic mass is 19.1. The van der Waals surface area contributed by atoms with Crippen molar-refractivity contribution in [2.45, 2.75) is 12.8 Å². The lowest BCUT2D eigenvalue weighted by Gasteiger charge is -2.33. The Hall–Kier alpha value is -2.54. The molecule has 25 heavy (non-hydrogen) atoms. The van der Waals surface area contributed by atoms with E-state index in [0.29, 0.717) is 30.0 Å². The van der Waals surface area contributed by atoms with Crippen LogP contribution in [-0.4, -0.2) is 54.0 Å². The molecule has 0 unspecified atom stereocenters. The van der Waals surface area contributed by atoms with E-state index in [0.717, 1.165) is 32.5 Å². The van der Waals surface area contributed by atoms with Gasteiger partial charge in [0.1, 0.15) is 12.1 Å². The van der Waals surface area contributed by atoms with E-state index in [9.17, 15) is 14.0 Å². The number of aldehydes is 1. The lowest BCUT2D eigenvalue weighted by atomic mass is 10.2. The molecule has 2 heterocycles. The summed E-state index contributed by atoms with van der Waals surface area (Å²) in [5.74, 6) is 0.0344. The van der Waals surface area contributed by atoms with Crippen molar-refractivity contribution in [1.29, 1.82) is 0 Å². The Kier molecular flexibility index (Phi) is 5.23. The average molecular weight is 344 g/mol. The molecule has 1 aromatic carbocycles. The SMILES string of the molecule is CN1CCN(c2nc(CCC=O)cn(-c3ccc(F)cc3)c2=O)CC1. The van der Waals surface area contributed by atoms with Gasteiger partial charge in [0, 0.05) is 44.5 Å². The van der Waals surface area contributed by atoms with Crippen LogP contribution in [0.25, 0.3) is 5.69 Å². The van der Waals surface area contributed by atoms with E-state index in [4.69, 9.17) is 0 Å². The molecule has 2 aromatic rings. The molecule has 1 saturated heterocycles. The molecule has 3 rings (SSSR count). The summed E-state index contributed by atoms with van der Waals surface area (Å²) < 4.78 is 14.7. The van der Waals surface area contributed by atoms with Gasteiger partial charge >= 0.3 is 0 Å². The number of aromatic nitrogens is 2. The Bertz CT molecular complexity index is 796. The number of carbonyl (C=O) groups is 1. The van der Waals surface area contributed by atoms with Gasteiger partial charge in [0.2, 0.25) is 0 Å². The van der Waals surface area contributed by atoms with E-state index in [-0.39, 0.29) is 11.4 Å². The summed E-state index contributed by atoms with van der Waals surface area (Å²) in [4.78, 5) is 32.3. The maximum absolute atomic E-state index is 13.2. The minimum atomic E-state index is -0.355. The molecular formula is C18H21FN4O2. The standard InChI is InChI=1S/C18H21FN4O2/c1-21-8-10-22(11-9-21)17-18(25)23(13-15(20-17)3-2-12-24)16-6-4-14(19)5-7-16/h4-7,12-13H,2-3,8-11H2,1H3. The summed E-state index contributed by atoms with van der Waals surface area (Å²) in [5, 5.41) is 0. The maximum Gasteiger partial charge on any atom is 0.298 e. The summed E-state index contributed by atoms with van der Waals surface area (Å²) in [6.07, 6.45) is 3.28. The fourth-order valence-corrected chi connectivity index (χ4v) is 2.87. The third-order valence-corrected chi connectivity index (χ3v) is 4.36. The maximum atomic E-state index is 13.2. The Balaban J connectivity index is 2.04. The smallest absolute Gasteiger partial charge is 0.298 e. The van der Waals surface area contributed by atoms with Crippen LogP contribution in [0.15, 0.2) is 35.3 Å². The molecule has 0 aliphatic carbocycles. The van der Waals surface area contributed by atoms with Crippen LogP contribution in [-0.2, 0) is 11.2 Å². The first-order chi connectivity index (χ1) is 12.1. The van der Waals surface area contributed by atoms with Gasteiger partial charge in [-0.2, -0.15) is 0 Å². The zero-order valence-corrected chi connectivity index (χ0v) is 14.2. The summed E-state index contributed by atoms with van der Waals surface area (Å²) in [7, 11) is 2.04. The quantitative estimate of drug-likeness (QED) is 0.764. The minimum Gasteiger partial charge on any atom is -0.349 e. The molecule has 0 spiro atoms. The zero-order chi connectivity index (χ0) is 17.8. The molecule has 7 heteroatoms. The molecule has 1 aliphatic heterocycles. The highest BCUT2D eigenvalue weighted by Gasteiger charge is 2.20. The largest absolute Gasteiger partial charge is 0.349 e. The molecule has 132 valence electrons. The monoisotopic (exact) mass is 344 g/mol. The van der Waals surface area contributed by atoms with Gasteiger partial charge in [-0.1, -0.05) is 0 Å². The van der Waals surface area contributed by atoms with Crippen LogP contribution >= 0.6 is 0 Å². The lowest BCUT2D eigenvalue weighted by Crippen LogP contribution is -2.47. The van der Waals surface area contributed by atoms with Crippen LogP contribution < -0.4 is 10.5 Å². The van der Waals surface area contributed by atoms with Crippen LogP contribution in [0.5, 0.6) is 0 Å². The summed E-state index contributed by atoms with van der Waals surface area (Å²) >= 11 is 0. The van der Waals surface area contributed by atoms with Crippen molar-refractivity contribution >= 4 is 12.1 Å². The van der Waals surface area contributed by atoms with E-state index >= 15 is 0 Å². The topological polar surface area (TPSA) is 58.4 Å². The first-order valence-corrected chi connectivity index (χ1v) is 8.34. The number of benzene rings is 1. The first-order valence-electron chi connectivity index (χ1n) is 8.34. The van der Waals surface area contributed by atoms with Gasteiger partial charge in [0.05, 0.1) is 5.69 Å². The number of aryl methyl sites for hydroxylation is 1. The second-order valence-corrected chi connectivity index (χ2v) is 6.20. The van der Waals surface area contributed by atoms with Gasteiger partial charge in [-0.3, -0.25) is 9.36 Å². The van der Waals surface area contributed by atoms with Crippen molar-refractivity contribution in [1.82, 2.24) is 14.5 Å². The van der Waals surface area contributed by atoms with Crippen molar-refractivity contribution in [2.75, 3.05) is 38.1 Å². The summed E-state index contributed by atoms with van der Waals surface area (Å²) in [5.41, 5.74) is 1.02. The number of likely N-dealkylation sites (N-methyl/N-ethyl adjacent to an activating group) is 1. The summed E-state index contributed by atoms with van der Waals surface area (Å²) in [6, 6.07) is 5.77. The van der Waals surface area contributed by atoms with Gasteiger partial charge in [-0.05, 0) is 37.7 Å². The van der Waals surface area contributed by atoms with Crippen LogP contribution in [0.1, 0.15) is 12.1 Å².